The third-order valence-corrected chi connectivity index (χ3v) is 3.07. The summed E-state index contributed by atoms with van der Waals surface area (Å²) in [7, 11) is 0. The van der Waals surface area contributed by atoms with Crippen LogP contribution in [0, 0.1) is 0 Å². The number of nitrogens with one attached hydrogen (secondary N) is 2. The lowest BCUT2D eigenvalue weighted by Gasteiger charge is -2.29. The maximum absolute atomic E-state index is 11.7. The molecule has 6 heteroatoms. The van der Waals surface area contributed by atoms with E-state index in [0.29, 0.717) is 0 Å². The summed E-state index contributed by atoms with van der Waals surface area (Å²) in [4.78, 5) is 34.3. The molecule has 0 unspecified atom stereocenters. The Morgan fingerprint density at radius 3 is 2.06 bits per heavy atom. The second kappa shape index (κ2) is 4.21. The van der Waals surface area contributed by atoms with Crippen molar-refractivity contribution >= 4 is 30.5 Å². The first-order valence-electron chi connectivity index (χ1n) is 4.95. The van der Waals surface area contributed by atoms with Gasteiger partial charge in [-0.05, 0) is 5.56 Å². The van der Waals surface area contributed by atoms with Gasteiger partial charge in [-0.3, -0.25) is 20.2 Å². The van der Waals surface area contributed by atoms with Crippen molar-refractivity contribution in [3.05, 3.63) is 35.9 Å². The van der Waals surface area contributed by atoms with Gasteiger partial charge in [-0.1, -0.05) is 30.3 Å². The van der Waals surface area contributed by atoms with Crippen LogP contribution in [0.1, 0.15) is 5.56 Å². The van der Waals surface area contributed by atoms with E-state index in [1.807, 2.05) is 16.7 Å². The van der Waals surface area contributed by atoms with Gasteiger partial charge in [-0.15, -0.1) is 0 Å². The number of hydrogen-bond acceptors (Lipinski definition) is 4. The molecule has 1 aromatic carbocycles. The lowest BCUT2D eigenvalue weighted by atomic mass is 9.95. The highest BCUT2D eigenvalue weighted by molar-refractivity contribution is 7.83. The van der Waals surface area contributed by atoms with E-state index in [1.165, 1.54) is 0 Å². The Morgan fingerprint density at radius 1 is 1.00 bits per heavy atom. The molecule has 2 rings (SSSR count). The van der Waals surface area contributed by atoms with Crippen LogP contribution in [0.2, 0.25) is 0 Å². The molecule has 0 atom stereocenters. The molecule has 1 aromatic rings. The van der Waals surface area contributed by atoms with Crippen LogP contribution in [0.15, 0.2) is 30.3 Å². The van der Waals surface area contributed by atoms with Crippen molar-refractivity contribution in [2.24, 2.45) is 0 Å². The number of urea groups is 1. The molecule has 2 N–H and O–H groups in total. The van der Waals surface area contributed by atoms with Gasteiger partial charge < -0.3 is 0 Å². The van der Waals surface area contributed by atoms with E-state index < -0.39 is 22.6 Å². The zero-order valence-electron chi connectivity index (χ0n) is 8.77. The molecular formula is C11H10N2O3S. The third kappa shape index (κ3) is 2.16. The first-order valence-corrected chi connectivity index (χ1v) is 5.40. The van der Waals surface area contributed by atoms with E-state index in [9.17, 15) is 14.4 Å². The van der Waals surface area contributed by atoms with Gasteiger partial charge in [0.1, 0.15) is 0 Å². The summed E-state index contributed by atoms with van der Waals surface area (Å²) in [5.74, 6) is -1.39. The molecule has 1 aliphatic heterocycles. The largest absolute Gasteiger partial charge is 0.328 e. The number of imide groups is 2. The molecule has 17 heavy (non-hydrogen) atoms. The van der Waals surface area contributed by atoms with Crippen molar-refractivity contribution in [2.75, 3.05) is 0 Å². The highest BCUT2D eigenvalue weighted by Crippen LogP contribution is 2.23. The average molecular weight is 250 g/mol. The van der Waals surface area contributed by atoms with E-state index in [4.69, 9.17) is 0 Å². The number of carbonyl (C=O) groups is 3. The molecule has 4 amide bonds. The highest BCUT2D eigenvalue weighted by Gasteiger charge is 2.47. The van der Waals surface area contributed by atoms with Crippen molar-refractivity contribution < 1.29 is 14.4 Å². The molecular weight excluding hydrogens is 240 g/mol. The highest BCUT2D eigenvalue weighted by atomic mass is 32.1. The van der Waals surface area contributed by atoms with Crippen LogP contribution in [-0.2, 0) is 16.0 Å². The van der Waals surface area contributed by atoms with E-state index in [-0.39, 0.29) is 6.42 Å². The van der Waals surface area contributed by atoms with Gasteiger partial charge >= 0.3 is 6.03 Å². The second-order valence-electron chi connectivity index (χ2n) is 3.76. The Kier molecular flexibility index (Phi) is 2.89. The second-order valence-corrected chi connectivity index (χ2v) is 4.52. The minimum atomic E-state index is -1.55. The van der Waals surface area contributed by atoms with Crippen molar-refractivity contribution in [3.63, 3.8) is 0 Å². The van der Waals surface area contributed by atoms with Crippen molar-refractivity contribution in [1.29, 1.82) is 0 Å². The monoisotopic (exact) mass is 250 g/mol. The van der Waals surface area contributed by atoms with Gasteiger partial charge in [0.05, 0.1) is 0 Å². The topological polar surface area (TPSA) is 75.3 Å². The summed E-state index contributed by atoms with van der Waals surface area (Å²) < 4.78 is -1.55. The molecule has 1 heterocycles. The van der Waals surface area contributed by atoms with Crippen molar-refractivity contribution in [2.45, 2.75) is 11.2 Å². The van der Waals surface area contributed by atoms with Crippen LogP contribution in [0.4, 0.5) is 4.79 Å². The molecule has 88 valence electrons. The summed E-state index contributed by atoms with van der Waals surface area (Å²) in [6.45, 7) is 0. The summed E-state index contributed by atoms with van der Waals surface area (Å²) in [6, 6.07) is 8.20. The Labute approximate surface area is 103 Å². The Bertz CT molecular complexity index is 467. The predicted octanol–water partition coefficient (Wildman–Crippen LogP) is 0.264. The fourth-order valence-corrected chi connectivity index (χ4v) is 1.89. The molecule has 1 saturated heterocycles. The van der Waals surface area contributed by atoms with E-state index >= 15 is 0 Å². The van der Waals surface area contributed by atoms with Gasteiger partial charge in [-0.25, -0.2) is 4.79 Å². The number of thiol groups is 1. The first-order chi connectivity index (χ1) is 8.02. The number of hydrogen-bond donors (Lipinski definition) is 3. The molecule has 1 aliphatic rings. The Morgan fingerprint density at radius 2 is 1.53 bits per heavy atom. The van der Waals surface area contributed by atoms with Crippen molar-refractivity contribution in [1.82, 2.24) is 10.6 Å². The number of rotatable bonds is 2. The summed E-state index contributed by atoms with van der Waals surface area (Å²) in [6.07, 6.45) is 0.127. The summed E-state index contributed by atoms with van der Waals surface area (Å²) >= 11 is 4.12. The normalized spacial score (nSPS) is 18.5. The predicted molar refractivity (Wildman–Crippen MR) is 63.5 cm³/mol. The number of carbonyl (C=O) groups excluding carboxylic acids is 3. The maximum atomic E-state index is 11.7. The molecule has 0 aliphatic carbocycles. The summed E-state index contributed by atoms with van der Waals surface area (Å²) in [5.41, 5.74) is 0.794. The van der Waals surface area contributed by atoms with Gasteiger partial charge in [-0.2, -0.15) is 12.6 Å². The van der Waals surface area contributed by atoms with Crippen LogP contribution in [-0.4, -0.2) is 22.6 Å². The first kappa shape index (κ1) is 11.7. The number of benzene rings is 1. The van der Waals surface area contributed by atoms with Gasteiger partial charge in [0, 0.05) is 6.42 Å². The molecule has 0 saturated carbocycles. The molecule has 5 nitrogen and oxygen atoms in total. The van der Waals surface area contributed by atoms with E-state index in [2.05, 4.69) is 12.6 Å². The SMILES string of the molecule is O=C1NC(=O)C(S)(Cc2ccccc2)C(=O)N1. The zero-order chi connectivity index (χ0) is 12.5. The number of barbiturate groups is 1. The lowest BCUT2D eigenvalue weighted by molar-refractivity contribution is -0.133. The third-order valence-electron chi connectivity index (χ3n) is 2.51. The van der Waals surface area contributed by atoms with Crippen LogP contribution in [0.3, 0.4) is 0 Å². The lowest BCUT2D eigenvalue weighted by Crippen LogP contribution is -2.64. The fraction of sp³-hybridized carbons (Fsp3) is 0.182. The minimum absolute atomic E-state index is 0.127. The van der Waals surface area contributed by atoms with E-state index in [1.54, 1.807) is 24.3 Å². The Balaban J connectivity index is 2.26. The van der Waals surface area contributed by atoms with Crippen LogP contribution >= 0.6 is 12.6 Å². The van der Waals surface area contributed by atoms with Crippen LogP contribution < -0.4 is 10.6 Å². The summed E-state index contributed by atoms with van der Waals surface area (Å²) in [5, 5.41) is 4.07. The van der Waals surface area contributed by atoms with Crippen LogP contribution in [0.25, 0.3) is 0 Å². The van der Waals surface area contributed by atoms with Crippen molar-refractivity contribution in [3.8, 4) is 0 Å². The molecule has 0 radical (unpaired) electrons. The molecule has 1 fully saturated rings. The maximum Gasteiger partial charge on any atom is 0.328 e. The quantitative estimate of drug-likeness (QED) is 0.521. The van der Waals surface area contributed by atoms with Crippen LogP contribution in [0.5, 0.6) is 0 Å². The fourth-order valence-electron chi connectivity index (χ4n) is 1.60. The van der Waals surface area contributed by atoms with Gasteiger partial charge in [0.2, 0.25) is 0 Å². The molecule has 0 spiro atoms. The molecule has 0 aromatic heterocycles. The van der Waals surface area contributed by atoms with Gasteiger partial charge in [0.15, 0.2) is 4.75 Å². The molecule has 0 bridgehead atoms. The minimum Gasteiger partial charge on any atom is -0.276 e. The van der Waals surface area contributed by atoms with E-state index in [0.717, 1.165) is 5.56 Å². The van der Waals surface area contributed by atoms with Gasteiger partial charge in [0.25, 0.3) is 11.8 Å². The zero-order valence-corrected chi connectivity index (χ0v) is 9.66. The standard InChI is InChI=1S/C11H10N2O3S/c14-8-11(17,9(15)13-10(16)12-8)6-7-4-2-1-3-5-7/h1-5,17H,6H2,(H2,12,13,14,15,16). The number of amides is 4. The Hall–Kier alpha value is -1.82. The smallest absolute Gasteiger partial charge is 0.276 e. The average Bonchev–Trinajstić information content (AvgIpc) is 2.28.